The summed E-state index contributed by atoms with van der Waals surface area (Å²) in [6, 6.07) is 50.9. The molecule has 12 nitrogen and oxygen atoms in total. The van der Waals surface area contributed by atoms with E-state index in [0.29, 0.717) is 33.9 Å². The van der Waals surface area contributed by atoms with Crippen LogP contribution in [0.1, 0.15) is 11.1 Å². The van der Waals surface area contributed by atoms with E-state index >= 15 is 0 Å². The number of nitrogens with one attached hydrogen (secondary N) is 2. The SMILES string of the molecule is NN(C(=O)/C(C(=O)Nc1ccccc1)=C(\O)c1ccccc1)c1ccccc1.NN(C(=O)/C(C(=O)Nc1ccccc1)=C(\O)c1ccccc1)c1ccccc1.[Cu]. The summed E-state index contributed by atoms with van der Waals surface area (Å²) in [4.78, 5) is 51.8. The largest absolute Gasteiger partial charge is 0.506 e. The molecule has 0 saturated heterocycles. The van der Waals surface area contributed by atoms with Crippen LogP contribution < -0.4 is 32.3 Å². The van der Waals surface area contributed by atoms with Gasteiger partial charge < -0.3 is 20.8 Å². The molecular weight excluding hydrogens is 772 g/mol. The number of hydrogen-bond donors (Lipinski definition) is 6. The molecule has 6 aromatic rings. The van der Waals surface area contributed by atoms with E-state index in [2.05, 4.69) is 10.6 Å². The van der Waals surface area contributed by atoms with Crippen LogP contribution in [-0.2, 0) is 36.2 Å². The first-order valence-electron chi connectivity index (χ1n) is 17.1. The standard InChI is InChI=1S/2C22H19N3O3.Cu/c2*23-25(18-14-8-3-9-15-18)22(28)19(20(26)16-10-4-1-5-11-16)21(27)24-17-12-6-2-7-13-17;/h2*1-15,26H,23H2,(H,24,27);/b2*20-19-;. The molecule has 0 aromatic heterocycles. The Morgan fingerprint density at radius 3 is 0.930 bits per heavy atom. The number of carbonyl (C=O) groups is 4. The van der Waals surface area contributed by atoms with Crippen molar-refractivity contribution in [2.75, 3.05) is 20.7 Å². The smallest absolute Gasteiger partial charge is 0.281 e. The molecule has 0 aliphatic carbocycles. The topological polar surface area (TPSA) is 191 Å². The Bertz CT molecular complexity index is 2150. The van der Waals surface area contributed by atoms with Crippen molar-refractivity contribution in [3.63, 3.8) is 0 Å². The summed E-state index contributed by atoms with van der Waals surface area (Å²) in [5.74, 6) is 7.80. The Morgan fingerprint density at radius 2 is 0.649 bits per heavy atom. The minimum Gasteiger partial charge on any atom is -0.506 e. The monoisotopic (exact) mass is 809 g/mol. The molecule has 0 saturated carbocycles. The summed E-state index contributed by atoms with van der Waals surface area (Å²) in [6.07, 6.45) is 0. The molecule has 291 valence electrons. The fraction of sp³-hybridized carbons (Fsp3) is 0. The van der Waals surface area contributed by atoms with Crippen LogP contribution in [0.25, 0.3) is 11.5 Å². The Kier molecular flexibility index (Phi) is 15.6. The predicted octanol–water partition coefficient (Wildman–Crippen LogP) is 7.00. The average Bonchev–Trinajstić information content (AvgIpc) is 3.25. The summed E-state index contributed by atoms with van der Waals surface area (Å²) < 4.78 is 0. The summed E-state index contributed by atoms with van der Waals surface area (Å²) in [7, 11) is 0. The number of hydrazine groups is 2. The molecule has 0 aliphatic heterocycles. The molecule has 0 bridgehead atoms. The number of nitrogens with two attached hydrogens (primary N) is 2. The van der Waals surface area contributed by atoms with Crippen LogP contribution in [0.15, 0.2) is 193 Å². The summed E-state index contributed by atoms with van der Waals surface area (Å²) in [5.41, 5.74) is 1.49. The molecule has 0 aliphatic rings. The second kappa shape index (κ2) is 21.0. The van der Waals surface area contributed by atoms with Crippen LogP contribution in [-0.4, -0.2) is 33.8 Å². The Hall–Kier alpha value is -7.28. The van der Waals surface area contributed by atoms with Crippen molar-refractivity contribution in [1.29, 1.82) is 0 Å². The number of nitrogens with zero attached hydrogens (tertiary/aromatic N) is 2. The first-order valence-corrected chi connectivity index (χ1v) is 17.1. The summed E-state index contributed by atoms with van der Waals surface area (Å²) in [6.45, 7) is 0. The average molecular weight is 810 g/mol. The van der Waals surface area contributed by atoms with Crippen LogP contribution in [0, 0.1) is 0 Å². The third kappa shape index (κ3) is 11.4. The number of hydrogen-bond acceptors (Lipinski definition) is 8. The molecule has 0 spiro atoms. The van der Waals surface area contributed by atoms with Crippen LogP contribution in [0.2, 0.25) is 0 Å². The number of benzene rings is 6. The minimum atomic E-state index is -0.832. The van der Waals surface area contributed by atoms with Gasteiger partial charge in [-0.25, -0.2) is 21.7 Å². The van der Waals surface area contributed by atoms with Crippen LogP contribution in [0.4, 0.5) is 22.7 Å². The molecule has 0 atom stereocenters. The van der Waals surface area contributed by atoms with Gasteiger partial charge in [0.05, 0.1) is 11.4 Å². The second-order valence-electron chi connectivity index (χ2n) is 11.8. The van der Waals surface area contributed by atoms with E-state index in [4.69, 9.17) is 11.7 Å². The van der Waals surface area contributed by atoms with Crippen molar-refractivity contribution >= 4 is 57.9 Å². The molecule has 57 heavy (non-hydrogen) atoms. The van der Waals surface area contributed by atoms with Gasteiger partial charge in [-0.3, -0.25) is 19.2 Å². The zero-order valence-corrected chi connectivity index (χ0v) is 31.1. The Balaban J connectivity index is 0.000000248. The summed E-state index contributed by atoms with van der Waals surface area (Å²) in [5, 5.41) is 28.3. The van der Waals surface area contributed by atoms with Crippen molar-refractivity contribution < 1.29 is 46.5 Å². The van der Waals surface area contributed by atoms with E-state index in [1.807, 2.05) is 0 Å². The molecule has 4 amide bonds. The Labute approximate surface area is 339 Å². The van der Waals surface area contributed by atoms with Crippen molar-refractivity contribution in [1.82, 2.24) is 0 Å². The zero-order chi connectivity index (χ0) is 39.9. The van der Waals surface area contributed by atoms with Crippen molar-refractivity contribution in [2.24, 2.45) is 11.7 Å². The number of anilines is 4. The van der Waals surface area contributed by atoms with Crippen LogP contribution >= 0.6 is 0 Å². The first-order chi connectivity index (χ1) is 27.2. The van der Waals surface area contributed by atoms with Crippen molar-refractivity contribution in [3.05, 3.63) is 204 Å². The van der Waals surface area contributed by atoms with Gasteiger partial charge in [0.1, 0.15) is 22.7 Å². The first kappa shape index (κ1) is 42.5. The van der Waals surface area contributed by atoms with E-state index in [0.717, 1.165) is 10.0 Å². The number of amides is 4. The molecule has 0 fully saturated rings. The normalized spacial score (nSPS) is 11.1. The van der Waals surface area contributed by atoms with Gasteiger partial charge in [-0.15, -0.1) is 0 Å². The number of aliphatic hydroxyl groups excluding tert-OH is 2. The third-order valence-electron chi connectivity index (χ3n) is 8.02. The third-order valence-corrected chi connectivity index (χ3v) is 8.02. The quantitative estimate of drug-likeness (QED) is 0.0125. The van der Waals surface area contributed by atoms with Crippen LogP contribution in [0.3, 0.4) is 0 Å². The molecule has 6 rings (SSSR count). The fourth-order valence-electron chi connectivity index (χ4n) is 5.18. The second-order valence-corrected chi connectivity index (χ2v) is 11.8. The van der Waals surface area contributed by atoms with Gasteiger partial charge >= 0.3 is 0 Å². The van der Waals surface area contributed by atoms with Gasteiger partial charge in [-0.05, 0) is 48.5 Å². The van der Waals surface area contributed by atoms with Gasteiger partial charge in [0.2, 0.25) is 0 Å². The van der Waals surface area contributed by atoms with E-state index < -0.39 is 46.3 Å². The van der Waals surface area contributed by atoms with E-state index in [1.165, 1.54) is 0 Å². The number of para-hydroxylation sites is 4. The molecule has 0 unspecified atom stereocenters. The molecule has 6 aromatic carbocycles. The predicted molar refractivity (Wildman–Crippen MR) is 218 cm³/mol. The maximum atomic E-state index is 13.0. The van der Waals surface area contributed by atoms with Crippen LogP contribution in [0.5, 0.6) is 0 Å². The Morgan fingerprint density at radius 1 is 0.404 bits per heavy atom. The number of rotatable bonds is 10. The van der Waals surface area contributed by atoms with E-state index in [-0.39, 0.29) is 17.1 Å². The molecular formula is C44H38CuN6O6. The summed E-state index contributed by atoms with van der Waals surface area (Å²) >= 11 is 0. The van der Waals surface area contributed by atoms with E-state index in [1.54, 1.807) is 182 Å². The minimum absolute atomic E-state index is 0. The molecule has 0 heterocycles. The van der Waals surface area contributed by atoms with Gasteiger partial charge in [-0.2, -0.15) is 0 Å². The van der Waals surface area contributed by atoms with Crippen molar-refractivity contribution in [3.8, 4) is 0 Å². The molecule has 13 heteroatoms. The zero-order valence-electron chi connectivity index (χ0n) is 30.2. The number of carbonyl (C=O) groups excluding carboxylic acids is 4. The van der Waals surface area contributed by atoms with Gasteiger partial charge in [0.15, 0.2) is 0 Å². The van der Waals surface area contributed by atoms with E-state index in [9.17, 15) is 29.4 Å². The van der Waals surface area contributed by atoms with Gasteiger partial charge in [0, 0.05) is 39.6 Å². The van der Waals surface area contributed by atoms with Gasteiger partial charge in [-0.1, -0.05) is 133 Å². The maximum Gasteiger partial charge on any atom is 0.281 e. The molecule has 1 radical (unpaired) electrons. The fourth-order valence-corrected chi connectivity index (χ4v) is 5.18. The maximum absolute atomic E-state index is 13.0. The van der Waals surface area contributed by atoms with Gasteiger partial charge in [0.25, 0.3) is 23.6 Å². The number of aliphatic hydroxyl groups is 2. The molecule has 8 N–H and O–H groups in total. The van der Waals surface area contributed by atoms with Crippen molar-refractivity contribution in [2.45, 2.75) is 0 Å².